The van der Waals surface area contributed by atoms with E-state index in [0.717, 1.165) is 38.9 Å². The van der Waals surface area contributed by atoms with Crippen LogP contribution in [-0.2, 0) is 14.2 Å². The average Bonchev–Trinajstić information content (AvgIpc) is 3.06. The summed E-state index contributed by atoms with van der Waals surface area (Å²) in [4.78, 5) is 13.9. The molecule has 1 amide bonds. The Morgan fingerprint density at radius 3 is 2.30 bits per heavy atom. The molecule has 0 aliphatic carbocycles. The highest BCUT2D eigenvalue weighted by atomic mass is 16.6. The van der Waals surface area contributed by atoms with Crippen LogP contribution in [0.25, 0.3) is 0 Å². The lowest BCUT2D eigenvalue weighted by Crippen LogP contribution is -2.53. The van der Waals surface area contributed by atoms with E-state index >= 15 is 0 Å². The van der Waals surface area contributed by atoms with Gasteiger partial charge in [-0.3, -0.25) is 0 Å². The molecule has 0 saturated carbocycles. The van der Waals surface area contributed by atoms with Gasteiger partial charge in [0.1, 0.15) is 5.60 Å². The molecule has 3 rings (SSSR count). The minimum atomic E-state index is -0.431. The van der Waals surface area contributed by atoms with Crippen LogP contribution in [0, 0.1) is 0 Å². The van der Waals surface area contributed by atoms with Gasteiger partial charge in [0, 0.05) is 25.9 Å². The molecule has 114 valence electrons. The van der Waals surface area contributed by atoms with Gasteiger partial charge in [-0.1, -0.05) is 0 Å². The van der Waals surface area contributed by atoms with Gasteiger partial charge in [-0.25, -0.2) is 4.79 Å². The van der Waals surface area contributed by atoms with Crippen molar-refractivity contribution in [2.75, 3.05) is 26.3 Å². The van der Waals surface area contributed by atoms with E-state index in [1.165, 1.54) is 0 Å². The highest BCUT2D eigenvalue weighted by Gasteiger charge is 2.55. The Bertz CT molecular complexity index is 389. The summed E-state index contributed by atoms with van der Waals surface area (Å²) in [7, 11) is 0. The number of carbonyl (C=O) groups is 1. The maximum absolute atomic E-state index is 12.1. The Morgan fingerprint density at radius 1 is 1.10 bits per heavy atom. The first kappa shape index (κ1) is 14.1. The number of piperidine rings is 1. The standard InChI is InChI=1S/C15H25NO4/c1-13(2,3)20-12(17)16-7-4-14(5-8-16)10-15(11-19-15)6-9-18-14/h4-11H2,1-3H3. The molecule has 5 nitrogen and oxygen atoms in total. The Kier molecular flexibility index (Phi) is 3.25. The van der Waals surface area contributed by atoms with Crippen molar-refractivity contribution >= 4 is 6.09 Å². The van der Waals surface area contributed by atoms with Crippen LogP contribution in [0.1, 0.15) is 46.5 Å². The number of ether oxygens (including phenoxy) is 3. The summed E-state index contributed by atoms with van der Waals surface area (Å²) in [5.41, 5.74) is -0.404. The topological polar surface area (TPSA) is 51.3 Å². The number of hydrogen-bond donors (Lipinski definition) is 0. The van der Waals surface area contributed by atoms with E-state index in [1.54, 1.807) is 4.90 Å². The molecule has 5 heteroatoms. The Morgan fingerprint density at radius 2 is 1.75 bits per heavy atom. The number of nitrogens with zero attached hydrogens (tertiary/aromatic N) is 1. The molecule has 0 radical (unpaired) electrons. The molecule has 3 saturated heterocycles. The van der Waals surface area contributed by atoms with Crippen molar-refractivity contribution in [1.82, 2.24) is 4.90 Å². The predicted molar refractivity (Wildman–Crippen MR) is 73.6 cm³/mol. The van der Waals surface area contributed by atoms with Crippen LogP contribution < -0.4 is 0 Å². The lowest BCUT2D eigenvalue weighted by molar-refractivity contribution is -0.130. The van der Waals surface area contributed by atoms with Gasteiger partial charge in [-0.05, 0) is 33.6 Å². The molecule has 0 aromatic carbocycles. The maximum Gasteiger partial charge on any atom is 0.410 e. The van der Waals surface area contributed by atoms with Crippen LogP contribution in [0.2, 0.25) is 0 Å². The van der Waals surface area contributed by atoms with E-state index in [-0.39, 0.29) is 17.3 Å². The van der Waals surface area contributed by atoms with E-state index < -0.39 is 5.60 Å². The van der Waals surface area contributed by atoms with Crippen LogP contribution in [0.15, 0.2) is 0 Å². The van der Waals surface area contributed by atoms with E-state index in [2.05, 4.69) is 0 Å². The zero-order valence-corrected chi connectivity index (χ0v) is 12.7. The first-order chi connectivity index (χ1) is 9.32. The van der Waals surface area contributed by atoms with Crippen molar-refractivity contribution in [2.24, 2.45) is 0 Å². The number of amides is 1. The molecular weight excluding hydrogens is 258 g/mol. The van der Waals surface area contributed by atoms with Crippen LogP contribution in [0.5, 0.6) is 0 Å². The number of likely N-dealkylation sites (tertiary alicyclic amines) is 1. The molecule has 0 bridgehead atoms. The Hall–Kier alpha value is -0.810. The van der Waals surface area contributed by atoms with E-state index in [9.17, 15) is 4.79 Å². The third-order valence-electron chi connectivity index (χ3n) is 4.49. The van der Waals surface area contributed by atoms with Crippen molar-refractivity contribution < 1.29 is 19.0 Å². The fourth-order valence-electron chi connectivity index (χ4n) is 3.27. The van der Waals surface area contributed by atoms with Crippen molar-refractivity contribution in [3.63, 3.8) is 0 Å². The molecule has 3 aliphatic rings. The molecule has 3 heterocycles. The van der Waals surface area contributed by atoms with Crippen LogP contribution >= 0.6 is 0 Å². The quantitative estimate of drug-likeness (QED) is 0.640. The van der Waals surface area contributed by atoms with Gasteiger partial charge in [-0.2, -0.15) is 0 Å². The van der Waals surface area contributed by atoms with Gasteiger partial charge in [0.2, 0.25) is 0 Å². The summed E-state index contributed by atoms with van der Waals surface area (Å²) in [6.45, 7) is 8.79. The molecule has 3 fully saturated rings. The number of carbonyl (C=O) groups excluding carboxylic acids is 1. The monoisotopic (exact) mass is 283 g/mol. The molecule has 2 spiro atoms. The average molecular weight is 283 g/mol. The number of epoxide rings is 1. The summed E-state index contributed by atoms with van der Waals surface area (Å²) in [5, 5.41) is 0. The maximum atomic E-state index is 12.1. The molecule has 0 aromatic rings. The molecule has 0 N–H and O–H groups in total. The van der Waals surface area contributed by atoms with Crippen LogP contribution in [-0.4, -0.2) is 54.1 Å². The van der Waals surface area contributed by atoms with Gasteiger partial charge in [0.25, 0.3) is 0 Å². The fraction of sp³-hybridized carbons (Fsp3) is 0.933. The molecule has 0 aromatic heterocycles. The highest BCUT2D eigenvalue weighted by molar-refractivity contribution is 5.68. The first-order valence-corrected chi connectivity index (χ1v) is 7.58. The largest absolute Gasteiger partial charge is 0.444 e. The van der Waals surface area contributed by atoms with Gasteiger partial charge in [0.05, 0.1) is 24.4 Å². The normalized spacial score (nSPS) is 32.5. The summed E-state index contributed by atoms with van der Waals surface area (Å²) < 4.78 is 17.1. The second kappa shape index (κ2) is 4.60. The smallest absolute Gasteiger partial charge is 0.410 e. The summed E-state index contributed by atoms with van der Waals surface area (Å²) >= 11 is 0. The zero-order chi connectivity index (χ0) is 14.4. The summed E-state index contributed by atoms with van der Waals surface area (Å²) in [6.07, 6.45) is 3.57. The Balaban J connectivity index is 1.55. The SMILES string of the molecule is CC(C)(C)OC(=O)N1CCC2(CC1)CC1(CCO2)CO1. The Labute approximate surface area is 120 Å². The summed E-state index contributed by atoms with van der Waals surface area (Å²) in [5.74, 6) is 0. The molecular formula is C15H25NO4. The molecule has 1 unspecified atom stereocenters. The van der Waals surface area contributed by atoms with Crippen LogP contribution in [0.3, 0.4) is 0 Å². The number of rotatable bonds is 0. The predicted octanol–water partition coefficient (Wildman–Crippen LogP) is 2.34. The van der Waals surface area contributed by atoms with Gasteiger partial charge >= 0.3 is 6.09 Å². The second-order valence-corrected chi connectivity index (χ2v) is 7.40. The van der Waals surface area contributed by atoms with Crippen LogP contribution in [0.4, 0.5) is 4.79 Å². The minimum Gasteiger partial charge on any atom is -0.444 e. The van der Waals surface area contributed by atoms with Gasteiger partial charge < -0.3 is 19.1 Å². The molecule has 3 aliphatic heterocycles. The van der Waals surface area contributed by atoms with E-state index in [4.69, 9.17) is 14.2 Å². The van der Waals surface area contributed by atoms with Crippen molar-refractivity contribution in [3.05, 3.63) is 0 Å². The molecule has 20 heavy (non-hydrogen) atoms. The first-order valence-electron chi connectivity index (χ1n) is 7.58. The third-order valence-corrected chi connectivity index (χ3v) is 4.49. The number of hydrogen-bond acceptors (Lipinski definition) is 4. The lowest BCUT2D eigenvalue weighted by Gasteiger charge is -2.45. The van der Waals surface area contributed by atoms with Gasteiger partial charge in [-0.15, -0.1) is 0 Å². The van der Waals surface area contributed by atoms with E-state index in [0.29, 0.717) is 13.1 Å². The van der Waals surface area contributed by atoms with Crippen molar-refractivity contribution in [2.45, 2.75) is 63.3 Å². The van der Waals surface area contributed by atoms with E-state index in [1.807, 2.05) is 20.8 Å². The lowest BCUT2D eigenvalue weighted by atomic mass is 9.79. The van der Waals surface area contributed by atoms with Gasteiger partial charge in [0.15, 0.2) is 0 Å². The van der Waals surface area contributed by atoms with Crippen molar-refractivity contribution in [3.8, 4) is 0 Å². The molecule has 1 atom stereocenters. The zero-order valence-electron chi connectivity index (χ0n) is 12.7. The third kappa shape index (κ3) is 2.93. The minimum absolute atomic E-state index is 0.0761. The summed E-state index contributed by atoms with van der Waals surface area (Å²) in [6, 6.07) is 0. The van der Waals surface area contributed by atoms with Crippen molar-refractivity contribution in [1.29, 1.82) is 0 Å². The second-order valence-electron chi connectivity index (χ2n) is 7.40. The highest BCUT2D eigenvalue weighted by Crippen LogP contribution is 2.47. The fourth-order valence-corrected chi connectivity index (χ4v) is 3.27.